The van der Waals surface area contributed by atoms with Crippen molar-refractivity contribution in [3.8, 4) is 11.4 Å². The van der Waals surface area contributed by atoms with E-state index in [0.717, 1.165) is 16.8 Å². The van der Waals surface area contributed by atoms with E-state index < -0.39 is 0 Å². The Kier molecular flexibility index (Phi) is 4.65. The molecule has 0 radical (unpaired) electrons. The van der Waals surface area contributed by atoms with Crippen molar-refractivity contribution in [1.82, 2.24) is 20.2 Å². The van der Waals surface area contributed by atoms with Crippen LogP contribution in [0.25, 0.3) is 11.4 Å². The number of nitrogen functional groups attached to an aromatic ring is 1. The first kappa shape index (κ1) is 14.4. The van der Waals surface area contributed by atoms with Crippen LogP contribution in [0.5, 0.6) is 0 Å². The number of aromatic nitrogens is 4. The summed E-state index contributed by atoms with van der Waals surface area (Å²) in [5.41, 5.74) is 8.53. The van der Waals surface area contributed by atoms with Gasteiger partial charge < -0.3 is 15.2 Å². The van der Waals surface area contributed by atoms with Gasteiger partial charge in [-0.3, -0.25) is 0 Å². The van der Waals surface area contributed by atoms with Crippen molar-refractivity contribution in [2.24, 2.45) is 0 Å². The van der Waals surface area contributed by atoms with Gasteiger partial charge >= 0.3 is 0 Å². The van der Waals surface area contributed by atoms with E-state index in [1.54, 1.807) is 18.9 Å². The standard InChI is InChI=1S/C13H19N5O2/c1-9-11(5-4-6-12(9)14)13-15-16-17-18(13)7-10(20-3)8-19-2/h4-6,10H,7-8,14H2,1-3H3. The van der Waals surface area contributed by atoms with Crippen molar-refractivity contribution < 1.29 is 9.47 Å². The van der Waals surface area contributed by atoms with E-state index in [9.17, 15) is 0 Å². The van der Waals surface area contributed by atoms with E-state index in [2.05, 4.69) is 15.5 Å². The summed E-state index contributed by atoms with van der Waals surface area (Å²) in [6, 6.07) is 5.70. The van der Waals surface area contributed by atoms with Gasteiger partial charge in [0.1, 0.15) is 6.10 Å². The lowest BCUT2D eigenvalue weighted by Gasteiger charge is -2.15. The third-order valence-electron chi connectivity index (χ3n) is 3.21. The van der Waals surface area contributed by atoms with Gasteiger partial charge in [-0.05, 0) is 29.0 Å². The molecule has 0 spiro atoms. The Morgan fingerprint density at radius 1 is 1.35 bits per heavy atom. The summed E-state index contributed by atoms with van der Waals surface area (Å²) in [5, 5.41) is 11.8. The predicted octanol–water partition coefficient (Wildman–Crippen LogP) is 0.892. The Balaban J connectivity index is 2.30. The quantitative estimate of drug-likeness (QED) is 0.789. The fraction of sp³-hybridized carbons (Fsp3) is 0.462. The molecule has 0 fully saturated rings. The fourth-order valence-corrected chi connectivity index (χ4v) is 1.99. The van der Waals surface area contributed by atoms with Crippen molar-refractivity contribution in [2.75, 3.05) is 26.6 Å². The number of anilines is 1. The summed E-state index contributed by atoms with van der Waals surface area (Å²) in [5.74, 6) is 0.674. The van der Waals surface area contributed by atoms with Gasteiger partial charge in [0.05, 0.1) is 13.2 Å². The van der Waals surface area contributed by atoms with Crippen molar-refractivity contribution in [2.45, 2.75) is 19.6 Å². The molecule has 1 unspecified atom stereocenters. The zero-order valence-corrected chi connectivity index (χ0v) is 11.9. The minimum absolute atomic E-state index is 0.108. The maximum absolute atomic E-state index is 5.93. The molecule has 0 aliphatic carbocycles. The van der Waals surface area contributed by atoms with Crippen LogP contribution in [-0.2, 0) is 16.0 Å². The highest BCUT2D eigenvalue weighted by atomic mass is 16.5. The first-order valence-corrected chi connectivity index (χ1v) is 6.30. The fourth-order valence-electron chi connectivity index (χ4n) is 1.99. The zero-order valence-electron chi connectivity index (χ0n) is 11.9. The molecule has 7 nitrogen and oxygen atoms in total. The smallest absolute Gasteiger partial charge is 0.182 e. The molecule has 0 saturated carbocycles. The number of tetrazole rings is 1. The molecule has 0 amide bonds. The Morgan fingerprint density at radius 3 is 2.85 bits per heavy atom. The van der Waals surface area contributed by atoms with Gasteiger partial charge in [0.25, 0.3) is 0 Å². The average Bonchev–Trinajstić information content (AvgIpc) is 2.89. The third-order valence-corrected chi connectivity index (χ3v) is 3.21. The molecular weight excluding hydrogens is 258 g/mol. The second kappa shape index (κ2) is 6.44. The van der Waals surface area contributed by atoms with Crippen LogP contribution >= 0.6 is 0 Å². The highest BCUT2D eigenvalue weighted by Crippen LogP contribution is 2.24. The molecule has 2 N–H and O–H groups in total. The Bertz CT molecular complexity index is 570. The van der Waals surface area contributed by atoms with Crippen molar-refractivity contribution in [1.29, 1.82) is 0 Å². The minimum Gasteiger partial charge on any atom is -0.398 e. The Labute approximate surface area is 117 Å². The van der Waals surface area contributed by atoms with Crippen LogP contribution in [-0.4, -0.2) is 47.1 Å². The lowest BCUT2D eigenvalue weighted by Crippen LogP contribution is -2.25. The molecule has 2 rings (SSSR count). The number of nitrogens with two attached hydrogens (primary N) is 1. The average molecular weight is 277 g/mol. The van der Waals surface area contributed by atoms with Crippen LogP contribution in [0.15, 0.2) is 18.2 Å². The van der Waals surface area contributed by atoms with Gasteiger partial charge in [0.15, 0.2) is 5.82 Å². The molecule has 1 aromatic carbocycles. The lowest BCUT2D eigenvalue weighted by atomic mass is 10.1. The second-order valence-corrected chi connectivity index (χ2v) is 4.52. The molecule has 7 heteroatoms. The van der Waals surface area contributed by atoms with Gasteiger partial charge in [-0.15, -0.1) is 5.10 Å². The highest BCUT2D eigenvalue weighted by Gasteiger charge is 2.16. The molecule has 0 saturated heterocycles. The molecule has 1 aromatic heterocycles. The van der Waals surface area contributed by atoms with Crippen LogP contribution in [0, 0.1) is 6.92 Å². The van der Waals surface area contributed by atoms with E-state index in [1.165, 1.54) is 0 Å². The molecule has 0 bridgehead atoms. The molecule has 0 aliphatic rings. The Hall–Kier alpha value is -1.99. The van der Waals surface area contributed by atoms with E-state index in [1.807, 2.05) is 25.1 Å². The highest BCUT2D eigenvalue weighted by molar-refractivity contribution is 5.67. The first-order valence-electron chi connectivity index (χ1n) is 6.30. The number of methoxy groups -OCH3 is 2. The monoisotopic (exact) mass is 277 g/mol. The third kappa shape index (κ3) is 2.94. The molecule has 20 heavy (non-hydrogen) atoms. The summed E-state index contributed by atoms with van der Waals surface area (Å²) in [7, 11) is 3.27. The number of rotatable bonds is 6. The Morgan fingerprint density at radius 2 is 2.15 bits per heavy atom. The van der Waals surface area contributed by atoms with Crippen LogP contribution in [0.2, 0.25) is 0 Å². The SMILES string of the molecule is COCC(Cn1nnnc1-c1cccc(N)c1C)OC. The minimum atomic E-state index is -0.108. The van der Waals surface area contributed by atoms with Gasteiger partial charge in [-0.25, -0.2) is 4.68 Å². The number of ether oxygens (including phenoxy) is 2. The summed E-state index contributed by atoms with van der Waals surface area (Å²) >= 11 is 0. The zero-order chi connectivity index (χ0) is 14.5. The van der Waals surface area contributed by atoms with Crippen molar-refractivity contribution >= 4 is 5.69 Å². The lowest BCUT2D eigenvalue weighted by molar-refractivity contribution is 0.0163. The molecule has 108 valence electrons. The van der Waals surface area contributed by atoms with E-state index in [4.69, 9.17) is 15.2 Å². The summed E-state index contributed by atoms with van der Waals surface area (Å²) in [6.45, 7) is 2.94. The largest absolute Gasteiger partial charge is 0.398 e. The van der Waals surface area contributed by atoms with Gasteiger partial charge in [-0.1, -0.05) is 12.1 Å². The number of benzene rings is 1. The van der Waals surface area contributed by atoms with E-state index in [0.29, 0.717) is 19.0 Å². The molecule has 0 aliphatic heterocycles. The predicted molar refractivity (Wildman–Crippen MR) is 75.1 cm³/mol. The molecule has 1 heterocycles. The van der Waals surface area contributed by atoms with Crippen LogP contribution in [0.1, 0.15) is 5.56 Å². The number of hydrogen-bond acceptors (Lipinski definition) is 6. The first-order chi connectivity index (χ1) is 9.67. The molecule has 2 aromatic rings. The molecular formula is C13H19N5O2. The summed E-state index contributed by atoms with van der Waals surface area (Å²) in [4.78, 5) is 0. The molecule has 1 atom stereocenters. The second-order valence-electron chi connectivity index (χ2n) is 4.52. The van der Waals surface area contributed by atoms with Crippen LogP contribution in [0.3, 0.4) is 0 Å². The van der Waals surface area contributed by atoms with Crippen LogP contribution in [0.4, 0.5) is 5.69 Å². The number of nitrogens with zero attached hydrogens (tertiary/aromatic N) is 4. The van der Waals surface area contributed by atoms with Gasteiger partial charge in [0.2, 0.25) is 0 Å². The maximum atomic E-state index is 5.93. The van der Waals surface area contributed by atoms with Gasteiger partial charge in [0, 0.05) is 25.5 Å². The topological polar surface area (TPSA) is 88.1 Å². The number of hydrogen-bond donors (Lipinski definition) is 1. The maximum Gasteiger partial charge on any atom is 0.182 e. The van der Waals surface area contributed by atoms with Crippen molar-refractivity contribution in [3.63, 3.8) is 0 Å². The summed E-state index contributed by atoms with van der Waals surface area (Å²) < 4.78 is 12.2. The normalized spacial score (nSPS) is 12.6. The van der Waals surface area contributed by atoms with Crippen molar-refractivity contribution in [3.05, 3.63) is 23.8 Å². The summed E-state index contributed by atoms with van der Waals surface area (Å²) in [6.07, 6.45) is -0.108. The van der Waals surface area contributed by atoms with Crippen LogP contribution < -0.4 is 5.73 Å². The van der Waals surface area contributed by atoms with E-state index in [-0.39, 0.29) is 6.10 Å². The van der Waals surface area contributed by atoms with Gasteiger partial charge in [-0.2, -0.15) is 0 Å². The van der Waals surface area contributed by atoms with E-state index >= 15 is 0 Å².